The summed E-state index contributed by atoms with van der Waals surface area (Å²) in [6.07, 6.45) is 4.22. The van der Waals surface area contributed by atoms with Gasteiger partial charge in [-0.15, -0.1) is 10.2 Å². The summed E-state index contributed by atoms with van der Waals surface area (Å²) in [6.45, 7) is 2.02. The number of aryl methyl sites for hydroxylation is 1. The zero-order valence-electron chi connectivity index (χ0n) is 8.28. The molecule has 2 heterocycles. The van der Waals surface area contributed by atoms with Gasteiger partial charge in [0.25, 0.3) is 0 Å². The summed E-state index contributed by atoms with van der Waals surface area (Å²) in [6, 6.07) is 0.589. The first-order chi connectivity index (χ1) is 6.68. The van der Waals surface area contributed by atoms with Crippen molar-refractivity contribution in [3.8, 4) is 0 Å². The van der Waals surface area contributed by atoms with Crippen LogP contribution in [0.3, 0.4) is 0 Å². The van der Waals surface area contributed by atoms with Crippen molar-refractivity contribution < 1.29 is 0 Å². The number of nitrogens with zero attached hydrogens (tertiary/aromatic N) is 3. The molecule has 0 spiro atoms. The molecular formula is C9H15ClN4. The molecule has 14 heavy (non-hydrogen) atoms. The van der Waals surface area contributed by atoms with Crippen LogP contribution in [-0.4, -0.2) is 20.8 Å². The Kier molecular flexibility index (Phi) is 2.74. The minimum atomic E-state index is 0.199. The zero-order valence-corrected chi connectivity index (χ0v) is 9.04. The third-order valence-electron chi connectivity index (χ3n) is 2.67. The van der Waals surface area contributed by atoms with Gasteiger partial charge in [-0.1, -0.05) is 0 Å². The summed E-state index contributed by atoms with van der Waals surface area (Å²) < 4.78 is 2.04. The van der Waals surface area contributed by atoms with E-state index in [9.17, 15) is 0 Å². The van der Waals surface area contributed by atoms with E-state index in [1.54, 1.807) is 0 Å². The van der Waals surface area contributed by atoms with Gasteiger partial charge >= 0.3 is 0 Å². The molecule has 4 nitrogen and oxygen atoms in total. The molecule has 1 aromatic heterocycles. The van der Waals surface area contributed by atoms with E-state index in [1.807, 2.05) is 11.5 Å². The molecule has 0 saturated heterocycles. The minimum Gasteiger partial charge on any atom is -0.328 e. The molecule has 0 fully saturated rings. The molecule has 2 atom stereocenters. The number of hydrogen-bond acceptors (Lipinski definition) is 3. The second kappa shape index (κ2) is 3.87. The van der Waals surface area contributed by atoms with Crippen molar-refractivity contribution in [3.05, 3.63) is 11.1 Å². The van der Waals surface area contributed by atoms with Crippen LogP contribution in [0, 0.1) is 0 Å². The smallest absolute Gasteiger partial charge is 0.225 e. The summed E-state index contributed by atoms with van der Waals surface area (Å²) in [5.74, 6) is 1.01. The Morgan fingerprint density at radius 1 is 1.64 bits per heavy atom. The number of halogens is 1. The van der Waals surface area contributed by atoms with Crippen LogP contribution in [-0.2, 0) is 6.42 Å². The Hall–Kier alpha value is -0.610. The van der Waals surface area contributed by atoms with Gasteiger partial charge in [-0.3, -0.25) is 4.57 Å². The Balaban J connectivity index is 2.25. The van der Waals surface area contributed by atoms with E-state index in [-0.39, 0.29) is 6.04 Å². The lowest BCUT2D eigenvalue weighted by molar-refractivity contribution is 0.356. The van der Waals surface area contributed by atoms with Gasteiger partial charge < -0.3 is 5.73 Å². The fraction of sp³-hybridized carbons (Fsp3) is 0.778. The Labute approximate surface area is 88.5 Å². The molecule has 5 heteroatoms. The van der Waals surface area contributed by atoms with E-state index in [0.717, 1.165) is 31.5 Å². The van der Waals surface area contributed by atoms with Crippen molar-refractivity contribution in [2.45, 2.75) is 44.7 Å². The largest absolute Gasteiger partial charge is 0.328 e. The van der Waals surface area contributed by atoms with Crippen LogP contribution >= 0.6 is 11.6 Å². The summed E-state index contributed by atoms with van der Waals surface area (Å²) in [4.78, 5) is 0. The molecule has 0 radical (unpaired) electrons. The van der Waals surface area contributed by atoms with E-state index in [1.165, 1.54) is 0 Å². The van der Waals surface area contributed by atoms with Gasteiger partial charge in [0.15, 0.2) is 0 Å². The predicted molar refractivity (Wildman–Crippen MR) is 55.3 cm³/mol. The van der Waals surface area contributed by atoms with Gasteiger partial charge in [0.1, 0.15) is 5.82 Å². The van der Waals surface area contributed by atoms with Crippen LogP contribution in [0.5, 0.6) is 0 Å². The first-order valence-electron chi connectivity index (χ1n) is 5.03. The summed E-state index contributed by atoms with van der Waals surface area (Å²) >= 11 is 5.98. The lowest BCUT2D eigenvalue weighted by Gasteiger charge is -2.26. The molecular weight excluding hydrogens is 200 g/mol. The van der Waals surface area contributed by atoms with Gasteiger partial charge in [-0.2, -0.15) is 0 Å². The highest BCUT2D eigenvalue weighted by Crippen LogP contribution is 2.30. The number of aromatic nitrogens is 3. The van der Waals surface area contributed by atoms with Crippen molar-refractivity contribution in [2.24, 2.45) is 5.73 Å². The van der Waals surface area contributed by atoms with Crippen molar-refractivity contribution in [2.75, 3.05) is 0 Å². The van der Waals surface area contributed by atoms with Crippen molar-refractivity contribution >= 4 is 11.6 Å². The highest BCUT2D eigenvalue weighted by Gasteiger charge is 2.24. The van der Waals surface area contributed by atoms with Gasteiger partial charge in [-0.25, -0.2) is 0 Å². The van der Waals surface area contributed by atoms with E-state index in [4.69, 9.17) is 17.3 Å². The van der Waals surface area contributed by atoms with Crippen LogP contribution in [0.15, 0.2) is 0 Å². The van der Waals surface area contributed by atoms with E-state index < -0.39 is 0 Å². The Bertz CT molecular complexity index is 321. The highest BCUT2D eigenvalue weighted by molar-refractivity contribution is 6.28. The summed E-state index contributed by atoms with van der Waals surface area (Å²) in [5.41, 5.74) is 5.80. The van der Waals surface area contributed by atoms with Crippen LogP contribution < -0.4 is 5.73 Å². The fourth-order valence-electron chi connectivity index (χ4n) is 2.11. The molecule has 0 amide bonds. The second-order valence-corrected chi connectivity index (χ2v) is 4.35. The topological polar surface area (TPSA) is 56.7 Å². The minimum absolute atomic E-state index is 0.199. The summed E-state index contributed by atoms with van der Waals surface area (Å²) in [5, 5.41) is 8.45. The zero-order chi connectivity index (χ0) is 10.1. The first-order valence-corrected chi connectivity index (χ1v) is 5.41. The second-order valence-electron chi connectivity index (χ2n) is 4.01. The van der Waals surface area contributed by atoms with E-state index in [2.05, 4.69) is 10.2 Å². The molecule has 78 valence electrons. The normalized spacial score (nSPS) is 23.2. The van der Waals surface area contributed by atoms with Crippen molar-refractivity contribution in [3.63, 3.8) is 0 Å². The van der Waals surface area contributed by atoms with Crippen molar-refractivity contribution in [1.29, 1.82) is 0 Å². The number of hydrogen-bond donors (Lipinski definition) is 1. The third kappa shape index (κ3) is 1.77. The van der Waals surface area contributed by atoms with Gasteiger partial charge in [-0.05, 0) is 37.8 Å². The quantitative estimate of drug-likeness (QED) is 0.813. The van der Waals surface area contributed by atoms with Crippen LogP contribution in [0.25, 0.3) is 0 Å². The molecule has 2 unspecified atom stereocenters. The summed E-state index contributed by atoms with van der Waals surface area (Å²) in [7, 11) is 0. The molecule has 0 bridgehead atoms. The van der Waals surface area contributed by atoms with E-state index >= 15 is 0 Å². The number of fused-ring (bicyclic) bond motifs is 1. The molecule has 1 aliphatic rings. The monoisotopic (exact) mass is 214 g/mol. The van der Waals surface area contributed by atoms with Gasteiger partial charge in [0.05, 0.1) is 0 Å². The van der Waals surface area contributed by atoms with Gasteiger partial charge in [0.2, 0.25) is 5.28 Å². The van der Waals surface area contributed by atoms with Gasteiger partial charge in [0, 0.05) is 18.5 Å². The average Bonchev–Trinajstić information content (AvgIpc) is 2.48. The van der Waals surface area contributed by atoms with Crippen LogP contribution in [0.1, 0.15) is 38.1 Å². The SMILES string of the molecule is CC(N)CC1CCCc2nnc(Cl)n21. The number of rotatable bonds is 2. The first kappa shape index (κ1) is 9.93. The van der Waals surface area contributed by atoms with Crippen LogP contribution in [0.2, 0.25) is 5.28 Å². The maximum atomic E-state index is 5.98. The van der Waals surface area contributed by atoms with Crippen molar-refractivity contribution in [1.82, 2.24) is 14.8 Å². The van der Waals surface area contributed by atoms with Crippen LogP contribution in [0.4, 0.5) is 0 Å². The molecule has 0 saturated carbocycles. The Morgan fingerprint density at radius 2 is 2.43 bits per heavy atom. The lowest BCUT2D eigenvalue weighted by atomic mass is 9.99. The van der Waals surface area contributed by atoms with E-state index in [0.29, 0.717) is 11.3 Å². The predicted octanol–water partition coefficient (Wildman–Crippen LogP) is 1.55. The highest BCUT2D eigenvalue weighted by atomic mass is 35.5. The molecule has 1 aliphatic heterocycles. The Morgan fingerprint density at radius 3 is 3.14 bits per heavy atom. The third-order valence-corrected chi connectivity index (χ3v) is 2.93. The molecule has 0 aliphatic carbocycles. The standard InChI is InChI=1S/C9H15ClN4/c1-6(11)5-7-3-2-4-8-12-13-9(10)14(7)8/h6-7H,2-5,11H2,1H3. The maximum Gasteiger partial charge on any atom is 0.225 e. The molecule has 1 aromatic rings. The molecule has 2 rings (SSSR count). The molecule has 0 aromatic carbocycles. The fourth-order valence-corrected chi connectivity index (χ4v) is 2.38. The maximum absolute atomic E-state index is 5.98. The number of nitrogens with two attached hydrogens (primary N) is 1. The lowest BCUT2D eigenvalue weighted by Crippen LogP contribution is -2.25. The average molecular weight is 215 g/mol. The molecule has 2 N–H and O–H groups in total.